The lowest BCUT2D eigenvalue weighted by atomic mass is 9.92. The Morgan fingerprint density at radius 3 is 2.25 bits per heavy atom. The minimum atomic E-state index is -4.67. The van der Waals surface area contributed by atoms with Gasteiger partial charge < -0.3 is 19.9 Å². The molecule has 2 saturated carbocycles. The van der Waals surface area contributed by atoms with Crippen molar-refractivity contribution in [2.45, 2.75) is 62.9 Å². The Morgan fingerprint density at radius 2 is 1.61 bits per heavy atom. The van der Waals surface area contributed by atoms with Gasteiger partial charge in [0, 0.05) is 58.3 Å². The van der Waals surface area contributed by atoms with Crippen LogP contribution in [0.3, 0.4) is 0 Å². The number of nitriles is 1. The zero-order valence-corrected chi connectivity index (χ0v) is 32.8. The minimum absolute atomic E-state index is 0.00167. The molecule has 19 heteroatoms. The number of piperidine rings is 2. The van der Waals surface area contributed by atoms with E-state index in [1.807, 2.05) is 4.90 Å². The molecule has 3 aromatic rings. The molecule has 0 spiro atoms. The highest BCUT2D eigenvalue weighted by Gasteiger charge is 2.56. The largest absolute Gasteiger partial charge is 0.490 e. The maximum absolute atomic E-state index is 15.4. The van der Waals surface area contributed by atoms with Crippen molar-refractivity contribution in [1.82, 2.24) is 30.4 Å². The highest BCUT2D eigenvalue weighted by atomic mass is 19.4. The third kappa shape index (κ3) is 7.84. The van der Waals surface area contributed by atoms with Gasteiger partial charge in [0.2, 0.25) is 11.8 Å². The molecule has 1 unspecified atom stereocenters. The van der Waals surface area contributed by atoms with Crippen LogP contribution in [0.15, 0.2) is 42.7 Å². The molecular weight excluding hydrogens is 803 g/mol. The van der Waals surface area contributed by atoms with Crippen LogP contribution >= 0.6 is 0 Å². The normalized spacial score (nSPS) is 26.4. The van der Waals surface area contributed by atoms with Crippen molar-refractivity contribution in [3.05, 3.63) is 76.5 Å². The average Bonchev–Trinajstić information content (AvgIpc) is 3.54. The van der Waals surface area contributed by atoms with Crippen molar-refractivity contribution in [2.75, 3.05) is 55.6 Å². The summed E-state index contributed by atoms with van der Waals surface area (Å²) in [5.41, 5.74) is -1.07. The lowest BCUT2D eigenvalue weighted by Crippen LogP contribution is -2.54. The summed E-state index contributed by atoms with van der Waals surface area (Å²) >= 11 is 0. The van der Waals surface area contributed by atoms with Gasteiger partial charge in [0.15, 0.2) is 0 Å². The lowest BCUT2D eigenvalue weighted by Gasteiger charge is -2.36. The van der Waals surface area contributed by atoms with Crippen LogP contribution in [-0.4, -0.2) is 113 Å². The zero-order chi connectivity index (χ0) is 42.7. The topological polar surface area (TPSA) is 181 Å². The summed E-state index contributed by atoms with van der Waals surface area (Å²) in [7, 11) is 0. The SMILES string of the molecule is N#Cc1ccc(O[C@H]2CC[C@H](NC(=O)c3cnc(N4CCN(C[C@@H]5[C@H]6CN(c7cc8c(cc7F)C(=O)N(C7CCC(=O)NC7=O)C8=O)C[C@@H]56)CC4)cn3)CC2)cc1C(F)(F)F. The van der Waals surface area contributed by atoms with Crippen molar-refractivity contribution < 1.29 is 46.3 Å². The summed E-state index contributed by atoms with van der Waals surface area (Å²) in [6.45, 7) is 5.23. The lowest BCUT2D eigenvalue weighted by molar-refractivity contribution is -0.138. The third-order valence-corrected chi connectivity index (χ3v) is 13.0. The van der Waals surface area contributed by atoms with E-state index in [2.05, 4.69) is 30.4 Å². The maximum Gasteiger partial charge on any atom is 0.417 e. The molecule has 2 N–H and O–H groups in total. The molecule has 5 heterocycles. The van der Waals surface area contributed by atoms with Crippen molar-refractivity contribution in [1.29, 1.82) is 5.26 Å². The van der Waals surface area contributed by atoms with Crippen LogP contribution < -0.4 is 25.2 Å². The standard InChI is InChI=1S/C42H41F4N9O6/c43-32-14-26-27(41(60)55(40(26)59)34-7-8-37(56)51-39(34)58)15-35(32)54-20-29-28(30(29)21-54)19-52-9-11-53(12-10-52)36-18-48-33(17-49-36)38(57)50-23-2-5-24(6-3-23)61-25-4-1-22(16-47)31(13-25)42(44,45)46/h1,4,13-15,17-18,23-24,28-30,34H,2-3,5-12,19-21H2,(H,50,57)(H,51,56,58)/t23-,24-,28-,29-,30+,34?. The number of amides is 5. The van der Waals surface area contributed by atoms with Gasteiger partial charge >= 0.3 is 6.18 Å². The number of hydrogen-bond donors (Lipinski definition) is 2. The predicted octanol–water partition coefficient (Wildman–Crippen LogP) is 3.53. The van der Waals surface area contributed by atoms with Crippen molar-refractivity contribution >= 4 is 41.0 Å². The third-order valence-electron chi connectivity index (χ3n) is 13.0. The van der Waals surface area contributed by atoms with Crippen LogP contribution in [0.2, 0.25) is 0 Å². The molecule has 0 bridgehead atoms. The van der Waals surface area contributed by atoms with E-state index in [1.165, 1.54) is 18.3 Å². The molecule has 9 rings (SSSR count). The number of benzene rings is 2. The summed E-state index contributed by atoms with van der Waals surface area (Å²) in [5, 5.41) is 14.2. The molecule has 15 nitrogen and oxygen atoms in total. The summed E-state index contributed by atoms with van der Waals surface area (Å²) in [6.07, 6.45) is 0.286. The summed E-state index contributed by atoms with van der Waals surface area (Å²) in [4.78, 5) is 79.6. The van der Waals surface area contributed by atoms with E-state index in [0.29, 0.717) is 62.3 Å². The van der Waals surface area contributed by atoms with Gasteiger partial charge in [0.05, 0.1) is 52.5 Å². The number of nitrogens with zero attached hydrogens (tertiary/aromatic N) is 7. The van der Waals surface area contributed by atoms with E-state index < -0.39 is 52.8 Å². The second kappa shape index (κ2) is 15.7. The number of nitrogens with one attached hydrogen (secondary N) is 2. The first kappa shape index (κ1) is 40.3. The Morgan fingerprint density at radius 1 is 0.902 bits per heavy atom. The van der Waals surface area contributed by atoms with Crippen LogP contribution in [0.1, 0.15) is 80.9 Å². The first-order chi connectivity index (χ1) is 29.2. The molecule has 1 aromatic heterocycles. The van der Waals surface area contributed by atoms with E-state index in [4.69, 9.17) is 10.00 Å². The molecule has 4 atom stereocenters. The van der Waals surface area contributed by atoms with Crippen LogP contribution in [0.25, 0.3) is 0 Å². The van der Waals surface area contributed by atoms with Crippen LogP contribution in [0.5, 0.6) is 5.75 Å². The number of hydrogen-bond acceptors (Lipinski definition) is 12. The van der Waals surface area contributed by atoms with Crippen LogP contribution in [0, 0.1) is 34.9 Å². The Balaban J connectivity index is 0.708. The Hall–Kier alpha value is -6.16. The second-order valence-electron chi connectivity index (χ2n) is 16.6. The molecule has 5 fully saturated rings. The van der Waals surface area contributed by atoms with Crippen LogP contribution in [-0.2, 0) is 15.8 Å². The fourth-order valence-corrected chi connectivity index (χ4v) is 9.60. The molecule has 0 radical (unpaired) electrons. The quantitative estimate of drug-likeness (QED) is 0.237. The van der Waals surface area contributed by atoms with E-state index >= 15 is 4.39 Å². The number of imide groups is 2. The van der Waals surface area contributed by atoms with Crippen molar-refractivity contribution in [2.24, 2.45) is 17.8 Å². The van der Waals surface area contributed by atoms with E-state index in [1.54, 1.807) is 12.3 Å². The fraction of sp³-hybridized carbons (Fsp3) is 0.476. The highest BCUT2D eigenvalue weighted by molar-refractivity contribution is 6.23. The van der Waals surface area contributed by atoms with Gasteiger partial charge in [-0.05, 0) is 80.2 Å². The predicted molar refractivity (Wildman–Crippen MR) is 207 cm³/mol. The van der Waals surface area contributed by atoms with Gasteiger partial charge in [0.25, 0.3) is 17.7 Å². The molecule has 3 saturated heterocycles. The summed E-state index contributed by atoms with van der Waals surface area (Å²) in [6, 6.07) is 6.12. The molecule has 2 aliphatic carbocycles. The molecule has 61 heavy (non-hydrogen) atoms. The van der Waals surface area contributed by atoms with E-state index in [-0.39, 0.29) is 59.2 Å². The van der Waals surface area contributed by atoms with Gasteiger partial charge in [-0.3, -0.25) is 39.1 Å². The van der Waals surface area contributed by atoms with Gasteiger partial charge in [-0.25, -0.2) is 14.4 Å². The number of anilines is 2. The molecular formula is C42H41F4N9O6. The molecule has 318 valence electrons. The number of halogens is 4. The maximum atomic E-state index is 15.4. The van der Waals surface area contributed by atoms with Gasteiger partial charge in [-0.1, -0.05) is 0 Å². The van der Waals surface area contributed by atoms with Crippen molar-refractivity contribution in [3.8, 4) is 11.8 Å². The Kier molecular flexibility index (Phi) is 10.4. The van der Waals surface area contributed by atoms with E-state index in [9.17, 15) is 37.1 Å². The monoisotopic (exact) mass is 843 g/mol. The number of carbonyl (C=O) groups excluding carboxylic acids is 5. The zero-order valence-electron chi connectivity index (χ0n) is 32.8. The van der Waals surface area contributed by atoms with Gasteiger partial charge in [0.1, 0.15) is 29.1 Å². The van der Waals surface area contributed by atoms with Gasteiger partial charge in [-0.2, -0.15) is 18.4 Å². The van der Waals surface area contributed by atoms with E-state index in [0.717, 1.165) is 55.8 Å². The molecule has 2 aromatic carbocycles. The van der Waals surface area contributed by atoms with Gasteiger partial charge in [-0.15, -0.1) is 0 Å². The second-order valence-corrected chi connectivity index (χ2v) is 16.6. The smallest absolute Gasteiger partial charge is 0.417 e. The first-order valence-corrected chi connectivity index (χ1v) is 20.4. The molecule has 5 amide bonds. The Labute approximate surface area is 347 Å². The number of aromatic nitrogens is 2. The molecule has 4 aliphatic heterocycles. The molecule has 6 aliphatic rings. The minimum Gasteiger partial charge on any atom is -0.490 e. The first-order valence-electron chi connectivity index (χ1n) is 20.4. The number of ether oxygens (including phenoxy) is 1. The summed E-state index contributed by atoms with van der Waals surface area (Å²) < 4.78 is 61.3. The fourth-order valence-electron chi connectivity index (χ4n) is 9.60. The number of piperazine rings is 1. The number of alkyl halides is 3. The summed E-state index contributed by atoms with van der Waals surface area (Å²) in [5.74, 6) is -1.61. The Bertz CT molecular complexity index is 2330. The highest BCUT2D eigenvalue weighted by Crippen LogP contribution is 2.53. The average molecular weight is 844 g/mol. The number of carbonyl (C=O) groups is 5. The number of rotatable bonds is 9. The van der Waals surface area contributed by atoms with Crippen molar-refractivity contribution in [3.63, 3.8) is 0 Å². The van der Waals surface area contributed by atoms with Crippen LogP contribution in [0.4, 0.5) is 29.1 Å². The number of fused-ring (bicyclic) bond motifs is 2.